The number of para-hydroxylation sites is 2. The van der Waals surface area contributed by atoms with Crippen molar-refractivity contribution in [3.05, 3.63) is 47.8 Å². The number of benzene rings is 1. The van der Waals surface area contributed by atoms with E-state index in [1.54, 1.807) is 31.2 Å². The van der Waals surface area contributed by atoms with E-state index in [1.165, 1.54) is 11.1 Å². The zero-order valence-electron chi connectivity index (χ0n) is 11.5. The van der Waals surface area contributed by atoms with Gasteiger partial charge in [-0.2, -0.15) is 0 Å². The number of fused-ring (bicyclic) bond motifs is 1. The molecule has 1 aromatic carbocycles. The summed E-state index contributed by atoms with van der Waals surface area (Å²) in [4.78, 5) is 29.9. The highest BCUT2D eigenvalue weighted by Gasteiger charge is 2.28. The maximum absolute atomic E-state index is 12.7. The highest BCUT2D eigenvalue weighted by molar-refractivity contribution is 6.16. The number of pyridine rings is 1. The lowest BCUT2D eigenvalue weighted by Gasteiger charge is -2.29. The van der Waals surface area contributed by atoms with Gasteiger partial charge >= 0.3 is 0 Å². The number of nitrogen functional groups attached to an aromatic ring is 1. The first-order chi connectivity index (χ1) is 10.1. The van der Waals surface area contributed by atoms with Gasteiger partial charge in [0.25, 0.3) is 5.91 Å². The summed E-state index contributed by atoms with van der Waals surface area (Å²) in [5.74, 6) is -0.567. The Kier molecular flexibility index (Phi) is 3.06. The molecule has 106 valence electrons. The Hall–Kier alpha value is -2.89. The normalized spacial score (nSPS) is 13.6. The first-order valence-electron chi connectivity index (χ1n) is 6.49. The number of aromatic nitrogens is 1. The largest absolute Gasteiger partial charge is 0.398 e. The maximum atomic E-state index is 12.7. The van der Waals surface area contributed by atoms with E-state index in [2.05, 4.69) is 10.3 Å². The smallest absolute Gasteiger partial charge is 0.262 e. The van der Waals surface area contributed by atoms with Crippen LogP contribution in [0.15, 0.2) is 36.5 Å². The second kappa shape index (κ2) is 4.90. The van der Waals surface area contributed by atoms with Crippen molar-refractivity contribution in [3.8, 4) is 0 Å². The molecule has 0 unspecified atom stereocenters. The number of hydrogen-bond donors (Lipinski definition) is 2. The molecule has 3 rings (SSSR count). The molecule has 0 bridgehead atoms. The SMILES string of the molecule is Cc1cc(N)c(C(=O)N2CC(=O)Nc3ccccc32)cn1. The van der Waals surface area contributed by atoms with Crippen LogP contribution in [0, 0.1) is 6.92 Å². The number of nitrogens with two attached hydrogens (primary N) is 1. The van der Waals surface area contributed by atoms with Crippen molar-refractivity contribution in [2.24, 2.45) is 0 Å². The molecule has 0 saturated carbocycles. The van der Waals surface area contributed by atoms with Gasteiger partial charge in [-0.25, -0.2) is 0 Å². The first kappa shape index (κ1) is 13.1. The van der Waals surface area contributed by atoms with Gasteiger partial charge in [-0.05, 0) is 25.1 Å². The maximum Gasteiger partial charge on any atom is 0.262 e. The van der Waals surface area contributed by atoms with Crippen molar-refractivity contribution in [1.29, 1.82) is 0 Å². The molecular formula is C15H14N4O2. The predicted molar refractivity (Wildman–Crippen MR) is 80.1 cm³/mol. The summed E-state index contributed by atoms with van der Waals surface area (Å²) >= 11 is 0. The second-order valence-corrected chi connectivity index (χ2v) is 4.87. The highest BCUT2D eigenvalue weighted by Crippen LogP contribution is 2.30. The summed E-state index contributed by atoms with van der Waals surface area (Å²) in [6, 6.07) is 8.79. The lowest BCUT2D eigenvalue weighted by molar-refractivity contribution is -0.115. The summed E-state index contributed by atoms with van der Waals surface area (Å²) in [6.07, 6.45) is 1.45. The summed E-state index contributed by atoms with van der Waals surface area (Å²) in [5, 5.41) is 2.74. The van der Waals surface area contributed by atoms with Gasteiger partial charge in [-0.15, -0.1) is 0 Å². The van der Waals surface area contributed by atoms with E-state index in [9.17, 15) is 9.59 Å². The molecule has 1 aromatic heterocycles. The number of nitrogens with one attached hydrogen (secondary N) is 1. The number of carbonyl (C=O) groups is 2. The fourth-order valence-electron chi connectivity index (χ4n) is 2.32. The van der Waals surface area contributed by atoms with Crippen molar-refractivity contribution in [2.75, 3.05) is 22.5 Å². The van der Waals surface area contributed by atoms with E-state index in [-0.39, 0.29) is 18.4 Å². The lowest BCUT2D eigenvalue weighted by Crippen LogP contribution is -2.42. The van der Waals surface area contributed by atoms with Gasteiger partial charge in [-0.1, -0.05) is 12.1 Å². The van der Waals surface area contributed by atoms with Gasteiger partial charge in [0.1, 0.15) is 6.54 Å². The van der Waals surface area contributed by atoms with Crippen LogP contribution < -0.4 is 16.0 Å². The number of rotatable bonds is 1. The predicted octanol–water partition coefficient (Wildman–Crippen LogP) is 1.57. The lowest BCUT2D eigenvalue weighted by atomic mass is 10.1. The quantitative estimate of drug-likeness (QED) is 0.831. The van der Waals surface area contributed by atoms with E-state index in [1.807, 2.05) is 6.07 Å². The zero-order chi connectivity index (χ0) is 15.0. The summed E-state index contributed by atoms with van der Waals surface area (Å²) < 4.78 is 0. The van der Waals surface area contributed by atoms with Crippen molar-refractivity contribution < 1.29 is 9.59 Å². The van der Waals surface area contributed by atoms with E-state index in [0.29, 0.717) is 22.6 Å². The summed E-state index contributed by atoms with van der Waals surface area (Å²) in [5.41, 5.74) is 8.55. The van der Waals surface area contributed by atoms with Gasteiger partial charge < -0.3 is 11.1 Å². The molecule has 1 aliphatic heterocycles. The third-order valence-corrected chi connectivity index (χ3v) is 3.32. The standard InChI is InChI=1S/C15H14N4O2/c1-9-6-11(16)10(7-17-9)15(21)19-8-14(20)18-12-4-2-3-5-13(12)19/h2-7H,8H2,1H3,(H2,16,17)(H,18,20). The minimum Gasteiger partial charge on any atom is -0.398 e. The molecule has 1 aliphatic rings. The van der Waals surface area contributed by atoms with Crippen LogP contribution in [0.25, 0.3) is 0 Å². The molecule has 6 nitrogen and oxygen atoms in total. The molecule has 0 spiro atoms. The van der Waals surface area contributed by atoms with E-state index >= 15 is 0 Å². The second-order valence-electron chi connectivity index (χ2n) is 4.87. The number of nitrogens with zero attached hydrogens (tertiary/aromatic N) is 2. The van der Waals surface area contributed by atoms with Gasteiger partial charge in [0.2, 0.25) is 5.91 Å². The minimum absolute atomic E-state index is 0.0385. The molecule has 3 N–H and O–H groups in total. The van der Waals surface area contributed by atoms with E-state index < -0.39 is 0 Å². The third kappa shape index (κ3) is 2.31. The Morgan fingerprint density at radius 1 is 1.38 bits per heavy atom. The summed E-state index contributed by atoms with van der Waals surface area (Å²) in [6.45, 7) is 1.76. The molecule has 0 fully saturated rings. The zero-order valence-corrected chi connectivity index (χ0v) is 11.5. The van der Waals surface area contributed by atoms with Crippen LogP contribution in [0.4, 0.5) is 17.1 Å². The molecule has 0 saturated heterocycles. The van der Waals surface area contributed by atoms with Crippen LogP contribution in [0.3, 0.4) is 0 Å². The van der Waals surface area contributed by atoms with Crippen molar-refractivity contribution in [1.82, 2.24) is 4.98 Å². The highest BCUT2D eigenvalue weighted by atomic mass is 16.2. The minimum atomic E-state index is -0.331. The Balaban J connectivity index is 2.04. The molecule has 2 aromatic rings. The van der Waals surface area contributed by atoms with Crippen molar-refractivity contribution >= 4 is 28.9 Å². The Morgan fingerprint density at radius 3 is 2.90 bits per heavy atom. The van der Waals surface area contributed by atoms with Crippen molar-refractivity contribution in [2.45, 2.75) is 6.92 Å². The Bertz CT molecular complexity index is 742. The molecule has 21 heavy (non-hydrogen) atoms. The number of hydrogen-bond acceptors (Lipinski definition) is 4. The van der Waals surface area contributed by atoms with E-state index in [4.69, 9.17) is 5.73 Å². The average molecular weight is 282 g/mol. The molecule has 2 heterocycles. The van der Waals surface area contributed by atoms with Gasteiger partial charge in [0.15, 0.2) is 0 Å². The molecular weight excluding hydrogens is 268 g/mol. The fraction of sp³-hybridized carbons (Fsp3) is 0.133. The third-order valence-electron chi connectivity index (χ3n) is 3.32. The molecule has 6 heteroatoms. The molecule has 0 aliphatic carbocycles. The van der Waals surface area contributed by atoms with Crippen LogP contribution in [0.5, 0.6) is 0 Å². The number of amides is 2. The first-order valence-corrected chi connectivity index (χ1v) is 6.49. The number of aryl methyl sites for hydroxylation is 1. The van der Waals surface area contributed by atoms with Crippen LogP contribution in [-0.4, -0.2) is 23.3 Å². The molecule has 0 atom stereocenters. The summed E-state index contributed by atoms with van der Waals surface area (Å²) in [7, 11) is 0. The number of carbonyl (C=O) groups excluding carboxylic acids is 2. The monoisotopic (exact) mass is 282 g/mol. The Labute approximate surface area is 121 Å². The van der Waals surface area contributed by atoms with Crippen LogP contribution in [-0.2, 0) is 4.79 Å². The number of anilines is 3. The van der Waals surface area contributed by atoms with Gasteiger partial charge in [0.05, 0.1) is 16.9 Å². The van der Waals surface area contributed by atoms with Crippen molar-refractivity contribution in [3.63, 3.8) is 0 Å². The van der Waals surface area contributed by atoms with Gasteiger partial charge in [-0.3, -0.25) is 19.5 Å². The topological polar surface area (TPSA) is 88.3 Å². The Morgan fingerprint density at radius 2 is 2.14 bits per heavy atom. The molecule has 0 radical (unpaired) electrons. The van der Waals surface area contributed by atoms with Gasteiger partial charge in [0, 0.05) is 17.6 Å². The van der Waals surface area contributed by atoms with Crippen LogP contribution >= 0.6 is 0 Å². The van der Waals surface area contributed by atoms with Crippen LogP contribution in [0.2, 0.25) is 0 Å². The fourth-order valence-corrected chi connectivity index (χ4v) is 2.32. The molecule has 2 amide bonds. The van der Waals surface area contributed by atoms with E-state index in [0.717, 1.165) is 5.69 Å². The average Bonchev–Trinajstić information content (AvgIpc) is 2.45. The van der Waals surface area contributed by atoms with Crippen LogP contribution in [0.1, 0.15) is 16.1 Å².